The van der Waals surface area contributed by atoms with E-state index in [-0.39, 0.29) is 0 Å². The van der Waals surface area contributed by atoms with Crippen LogP contribution < -0.4 is 0 Å². The Balaban J connectivity index is 2.17. The molecule has 2 aromatic carbocycles. The van der Waals surface area contributed by atoms with Crippen molar-refractivity contribution in [3.05, 3.63) is 65.9 Å². The van der Waals surface area contributed by atoms with Gasteiger partial charge in [-0.25, -0.2) is 4.98 Å². The maximum atomic E-state index is 13.0. The molecule has 24 heavy (non-hydrogen) atoms. The first-order chi connectivity index (χ1) is 11.4. The zero-order valence-electron chi connectivity index (χ0n) is 13.1. The second kappa shape index (κ2) is 6.36. The highest BCUT2D eigenvalue weighted by molar-refractivity contribution is 7.98. The largest absolute Gasteiger partial charge is 0.416 e. The van der Waals surface area contributed by atoms with Gasteiger partial charge in [-0.3, -0.25) is 4.57 Å². The summed E-state index contributed by atoms with van der Waals surface area (Å²) in [5.41, 5.74) is 2.57. The molecule has 6 heteroatoms. The summed E-state index contributed by atoms with van der Waals surface area (Å²) in [6, 6.07) is 13.1. The van der Waals surface area contributed by atoms with E-state index in [1.807, 2.05) is 37.4 Å². The van der Waals surface area contributed by atoms with Gasteiger partial charge in [-0.1, -0.05) is 47.7 Å². The first-order valence-corrected chi connectivity index (χ1v) is 8.49. The minimum atomic E-state index is -4.37. The molecule has 0 atom stereocenters. The molecule has 0 spiro atoms. The molecule has 3 aromatic rings. The van der Waals surface area contributed by atoms with Crippen LogP contribution in [0.4, 0.5) is 13.2 Å². The molecule has 0 aliphatic heterocycles. The number of hydrogen-bond acceptors (Lipinski definition) is 2. The summed E-state index contributed by atoms with van der Waals surface area (Å²) in [4.78, 5) is 4.35. The molecule has 124 valence electrons. The standard InChI is InChI=1S/C18H15F3N2S/c1-12-6-8-13(9-7-12)16-11-22-17(24-2)23(16)15-5-3-4-14(10-15)18(19,20)21/h3-11H,1-2H3. The first-order valence-electron chi connectivity index (χ1n) is 7.26. The third kappa shape index (κ3) is 3.19. The summed E-state index contributed by atoms with van der Waals surface area (Å²) in [5, 5.41) is 0.643. The Morgan fingerprint density at radius 2 is 1.75 bits per heavy atom. The van der Waals surface area contributed by atoms with E-state index in [9.17, 15) is 13.2 Å². The van der Waals surface area contributed by atoms with Crippen LogP contribution in [0.1, 0.15) is 11.1 Å². The van der Waals surface area contributed by atoms with Crippen molar-refractivity contribution in [1.82, 2.24) is 9.55 Å². The highest BCUT2D eigenvalue weighted by atomic mass is 32.2. The van der Waals surface area contributed by atoms with E-state index in [0.717, 1.165) is 29.0 Å². The van der Waals surface area contributed by atoms with E-state index in [1.165, 1.54) is 17.8 Å². The van der Waals surface area contributed by atoms with Gasteiger partial charge in [-0.2, -0.15) is 13.2 Å². The van der Waals surface area contributed by atoms with Gasteiger partial charge < -0.3 is 0 Å². The fourth-order valence-corrected chi connectivity index (χ4v) is 3.02. The third-order valence-corrected chi connectivity index (χ3v) is 4.34. The second-order valence-corrected chi connectivity index (χ2v) is 6.15. The van der Waals surface area contributed by atoms with E-state index < -0.39 is 11.7 Å². The molecular formula is C18H15F3N2S. The second-order valence-electron chi connectivity index (χ2n) is 5.38. The fourth-order valence-electron chi connectivity index (χ4n) is 2.48. The predicted octanol–water partition coefficient (Wildman–Crippen LogP) is 5.59. The Labute approximate surface area is 142 Å². The summed E-state index contributed by atoms with van der Waals surface area (Å²) < 4.78 is 40.8. The first kappa shape index (κ1) is 16.6. The van der Waals surface area contributed by atoms with E-state index in [0.29, 0.717) is 10.8 Å². The van der Waals surface area contributed by atoms with Crippen LogP contribution in [0.5, 0.6) is 0 Å². The average molecular weight is 348 g/mol. The van der Waals surface area contributed by atoms with E-state index in [4.69, 9.17) is 0 Å². The van der Waals surface area contributed by atoms with Gasteiger partial charge in [-0.05, 0) is 31.4 Å². The molecule has 1 heterocycles. The van der Waals surface area contributed by atoms with Gasteiger partial charge in [-0.15, -0.1) is 0 Å². The lowest BCUT2D eigenvalue weighted by molar-refractivity contribution is -0.137. The Hall–Kier alpha value is -2.21. The molecule has 0 saturated carbocycles. The smallest absolute Gasteiger partial charge is 0.287 e. The van der Waals surface area contributed by atoms with Crippen LogP contribution in [-0.2, 0) is 6.18 Å². The molecule has 1 aromatic heterocycles. The highest BCUT2D eigenvalue weighted by Gasteiger charge is 2.30. The summed E-state index contributed by atoms with van der Waals surface area (Å²) in [6.45, 7) is 1.99. The Kier molecular flexibility index (Phi) is 4.41. The number of halogens is 3. The van der Waals surface area contributed by atoms with Crippen LogP contribution in [0, 0.1) is 6.92 Å². The number of thioether (sulfide) groups is 1. The van der Waals surface area contributed by atoms with Crippen molar-refractivity contribution in [1.29, 1.82) is 0 Å². The Morgan fingerprint density at radius 1 is 1.04 bits per heavy atom. The maximum absolute atomic E-state index is 13.0. The van der Waals surface area contributed by atoms with Gasteiger partial charge in [0.25, 0.3) is 0 Å². The minimum absolute atomic E-state index is 0.447. The van der Waals surface area contributed by atoms with Gasteiger partial charge in [0, 0.05) is 11.3 Å². The van der Waals surface area contributed by atoms with Crippen molar-refractivity contribution >= 4 is 11.8 Å². The molecule has 0 N–H and O–H groups in total. The van der Waals surface area contributed by atoms with Gasteiger partial charge >= 0.3 is 6.18 Å². The molecular weight excluding hydrogens is 333 g/mol. The monoisotopic (exact) mass is 348 g/mol. The maximum Gasteiger partial charge on any atom is 0.416 e. The normalized spacial score (nSPS) is 11.7. The third-order valence-electron chi connectivity index (χ3n) is 3.69. The number of aromatic nitrogens is 2. The zero-order valence-corrected chi connectivity index (χ0v) is 13.9. The number of aryl methyl sites for hydroxylation is 1. The molecule has 0 fully saturated rings. The van der Waals surface area contributed by atoms with E-state index >= 15 is 0 Å². The lowest BCUT2D eigenvalue weighted by Gasteiger charge is -2.14. The van der Waals surface area contributed by atoms with E-state index in [2.05, 4.69) is 4.98 Å². The summed E-state index contributed by atoms with van der Waals surface area (Å²) >= 11 is 1.39. The van der Waals surface area contributed by atoms with Crippen molar-refractivity contribution < 1.29 is 13.2 Å². The molecule has 3 rings (SSSR count). The van der Waals surface area contributed by atoms with Gasteiger partial charge in [0.15, 0.2) is 5.16 Å². The lowest BCUT2D eigenvalue weighted by atomic mass is 10.1. The Morgan fingerprint density at radius 3 is 2.38 bits per heavy atom. The molecule has 0 aliphatic carbocycles. The van der Waals surface area contributed by atoms with E-state index in [1.54, 1.807) is 16.8 Å². The van der Waals surface area contributed by atoms with Crippen LogP contribution in [0.3, 0.4) is 0 Å². The molecule has 0 saturated heterocycles. The van der Waals surface area contributed by atoms with Crippen molar-refractivity contribution in [3.63, 3.8) is 0 Å². The number of nitrogens with zero attached hydrogens (tertiary/aromatic N) is 2. The van der Waals surface area contributed by atoms with Gasteiger partial charge in [0.2, 0.25) is 0 Å². The van der Waals surface area contributed by atoms with Crippen LogP contribution in [0.25, 0.3) is 16.9 Å². The topological polar surface area (TPSA) is 17.8 Å². The van der Waals surface area contributed by atoms with Crippen LogP contribution in [0.2, 0.25) is 0 Å². The number of benzene rings is 2. The van der Waals surface area contributed by atoms with Gasteiger partial charge in [0.1, 0.15) is 0 Å². The van der Waals surface area contributed by atoms with Crippen LogP contribution in [-0.4, -0.2) is 15.8 Å². The molecule has 0 unspecified atom stereocenters. The summed E-state index contributed by atoms with van der Waals surface area (Å²) in [5.74, 6) is 0. The molecule has 0 amide bonds. The summed E-state index contributed by atoms with van der Waals surface area (Å²) in [7, 11) is 0. The van der Waals surface area contributed by atoms with Crippen LogP contribution in [0.15, 0.2) is 59.9 Å². The number of hydrogen-bond donors (Lipinski definition) is 0. The quantitative estimate of drug-likeness (QED) is 0.574. The van der Waals surface area contributed by atoms with Crippen molar-refractivity contribution in [3.8, 4) is 16.9 Å². The van der Waals surface area contributed by atoms with Gasteiger partial charge in [0.05, 0.1) is 17.5 Å². The summed E-state index contributed by atoms with van der Waals surface area (Å²) in [6.07, 6.45) is -0.831. The average Bonchev–Trinajstić information content (AvgIpc) is 2.99. The van der Waals surface area contributed by atoms with Crippen molar-refractivity contribution in [2.75, 3.05) is 6.26 Å². The molecule has 0 bridgehead atoms. The predicted molar refractivity (Wildman–Crippen MR) is 90.5 cm³/mol. The SMILES string of the molecule is CSc1ncc(-c2ccc(C)cc2)n1-c1cccc(C(F)(F)F)c1. The fraction of sp³-hybridized carbons (Fsp3) is 0.167. The highest BCUT2D eigenvalue weighted by Crippen LogP contribution is 2.33. The number of alkyl halides is 3. The zero-order chi connectivity index (χ0) is 17.3. The lowest BCUT2D eigenvalue weighted by Crippen LogP contribution is -2.07. The van der Waals surface area contributed by atoms with Crippen molar-refractivity contribution in [2.45, 2.75) is 18.3 Å². The number of imidazole rings is 1. The van der Waals surface area contributed by atoms with Crippen molar-refractivity contribution in [2.24, 2.45) is 0 Å². The van der Waals surface area contributed by atoms with Crippen LogP contribution >= 0.6 is 11.8 Å². The molecule has 0 aliphatic rings. The molecule has 0 radical (unpaired) electrons. The number of rotatable bonds is 3. The Bertz CT molecular complexity index is 851. The molecule has 2 nitrogen and oxygen atoms in total. The minimum Gasteiger partial charge on any atom is -0.287 e.